The maximum Gasteiger partial charge on any atom is 0.221 e. The SMILES string of the molecule is CC(=O)Nc1ccc(Nc2nc3ccc(C)cc3s2)cc1. The van der Waals surface area contributed by atoms with Crippen LogP contribution in [-0.2, 0) is 4.79 Å². The summed E-state index contributed by atoms with van der Waals surface area (Å²) in [5, 5.41) is 6.90. The van der Waals surface area contributed by atoms with Crippen LogP contribution >= 0.6 is 11.3 Å². The highest BCUT2D eigenvalue weighted by Gasteiger charge is 2.04. The number of carbonyl (C=O) groups is 1. The lowest BCUT2D eigenvalue weighted by Crippen LogP contribution is -2.05. The first-order valence-electron chi connectivity index (χ1n) is 6.62. The van der Waals surface area contributed by atoms with Crippen LogP contribution < -0.4 is 10.6 Å². The molecule has 0 fully saturated rings. The van der Waals surface area contributed by atoms with Crippen molar-refractivity contribution in [1.82, 2.24) is 4.98 Å². The Bertz CT molecular complexity index is 793. The lowest BCUT2D eigenvalue weighted by Gasteiger charge is -2.05. The Morgan fingerprint density at radius 2 is 1.81 bits per heavy atom. The summed E-state index contributed by atoms with van der Waals surface area (Å²) < 4.78 is 1.17. The van der Waals surface area contributed by atoms with Gasteiger partial charge in [-0.15, -0.1) is 0 Å². The maximum absolute atomic E-state index is 11.0. The number of aromatic nitrogens is 1. The molecule has 2 N–H and O–H groups in total. The van der Waals surface area contributed by atoms with Crippen LogP contribution in [0.25, 0.3) is 10.2 Å². The van der Waals surface area contributed by atoms with Crippen molar-refractivity contribution in [3.05, 3.63) is 48.0 Å². The number of nitrogens with zero attached hydrogens (tertiary/aromatic N) is 1. The molecule has 0 atom stereocenters. The molecule has 0 saturated carbocycles. The number of hydrogen-bond acceptors (Lipinski definition) is 4. The van der Waals surface area contributed by atoms with Gasteiger partial charge in [0.1, 0.15) is 0 Å². The van der Waals surface area contributed by atoms with Gasteiger partial charge in [-0.3, -0.25) is 4.79 Å². The van der Waals surface area contributed by atoms with E-state index in [-0.39, 0.29) is 5.91 Å². The fourth-order valence-electron chi connectivity index (χ4n) is 2.05. The number of thiazole rings is 1. The molecule has 0 unspecified atom stereocenters. The van der Waals surface area contributed by atoms with Gasteiger partial charge < -0.3 is 10.6 Å². The van der Waals surface area contributed by atoms with Crippen molar-refractivity contribution in [1.29, 1.82) is 0 Å². The van der Waals surface area contributed by atoms with Crippen molar-refractivity contribution < 1.29 is 4.79 Å². The predicted octanol–water partition coefficient (Wildman–Crippen LogP) is 4.31. The Hall–Kier alpha value is -2.40. The van der Waals surface area contributed by atoms with Gasteiger partial charge in [0.05, 0.1) is 10.2 Å². The zero-order valence-corrected chi connectivity index (χ0v) is 12.6. The molecule has 2 aromatic carbocycles. The molecule has 1 heterocycles. The van der Waals surface area contributed by atoms with Crippen LogP contribution in [0.15, 0.2) is 42.5 Å². The van der Waals surface area contributed by atoms with E-state index in [0.29, 0.717) is 0 Å². The number of carbonyl (C=O) groups excluding carboxylic acids is 1. The summed E-state index contributed by atoms with van der Waals surface area (Å²) in [5.41, 5.74) is 3.97. The van der Waals surface area contributed by atoms with Crippen molar-refractivity contribution in [2.45, 2.75) is 13.8 Å². The highest BCUT2D eigenvalue weighted by molar-refractivity contribution is 7.22. The van der Waals surface area contributed by atoms with Gasteiger partial charge in [0.15, 0.2) is 5.13 Å². The molecule has 0 aliphatic heterocycles. The van der Waals surface area contributed by atoms with Gasteiger partial charge in [-0.25, -0.2) is 4.98 Å². The molecule has 21 heavy (non-hydrogen) atoms. The Labute approximate surface area is 126 Å². The lowest BCUT2D eigenvalue weighted by molar-refractivity contribution is -0.114. The van der Waals surface area contributed by atoms with E-state index in [1.807, 2.05) is 30.3 Å². The standard InChI is InChI=1S/C16H15N3OS/c1-10-3-8-14-15(9-10)21-16(19-14)18-13-6-4-12(5-7-13)17-11(2)20/h3-9H,1-2H3,(H,17,20)(H,18,19). The number of fused-ring (bicyclic) bond motifs is 1. The summed E-state index contributed by atoms with van der Waals surface area (Å²) >= 11 is 1.63. The minimum Gasteiger partial charge on any atom is -0.332 e. The average molecular weight is 297 g/mol. The van der Waals surface area contributed by atoms with Crippen molar-refractivity contribution in [3.63, 3.8) is 0 Å². The van der Waals surface area contributed by atoms with Gasteiger partial charge in [0, 0.05) is 18.3 Å². The number of nitrogens with one attached hydrogen (secondary N) is 2. The Balaban J connectivity index is 1.79. The first-order chi connectivity index (χ1) is 10.1. The smallest absolute Gasteiger partial charge is 0.221 e. The second-order valence-electron chi connectivity index (χ2n) is 4.87. The number of anilines is 3. The van der Waals surface area contributed by atoms with Gasteiger partial charge in [-0.2, -0.15) is 0 Å². The van der Waals surface area contributed by atoms with Crippen LogP contribution in [0.2, 0.25) is 0 Å². The highest BCUT2D eigenvalue weighted by Crippen LogP contribution is 2.29. The van der Waals surface area contributed by atoms with Gasteiger partial charge in [-0.1, -0.05) is 17.4 Å². The molecule has 3 rings (SSSR count). The summed E-state index contributed by atoms with van der Waals surface area (Å²) in [5.74, 6) is -0.0720. The molecular weight excluding hydrogens is 282 g/mol. The number of amides is 1. The van der Waals surface area contributed by atoms with Crippen LogP contribution in [-0.4, -0.2) is 10.9 Å². The monoisotopic (exact) mass is 297 g/mol. The molecule has 4 nitrogen and oxygen atoms in total. The van der Waals surface area contributed by atoms with E-state index in [0.717, 1.165) is 22.0 Å². The molecule has 0 aliphatic carbocycles. The molecular formula is C16H15N3OS. The normalized spacial score (nSPS) is 10.6. The van der Waals surface area contributed by atoms with Gasteiger partial charge in [0.2, 0.25) is 5.91 Å². The van der Waals surface area contributed by atoms with E-state index in [4.69, 9.17) is 0 Å². The first kappa shape index (κ1) is 13.6. The molecule has 0 spiro atoms. The van der Waals surface area contributed by atoms with Crippen molar-refractivity contribution in [3.8, 4) is 0 Å². The molecule has 0 saturated heterocycles. The minimum absolute atomic E-state index is 0.0720. The molecule has 1 amide bonds. The van der Waals surface area contributed by atoms with E-state index in [2.05, 4.69) is 34.7 Å². The van der Waals surface area contributed by atoms with Crippen molar-refractivity contribution in [2.24, 2.45) is 0 Å². The van der Waals surface area contributed by atoms with Crippen LogP contribution in [0.4, 0.5) is 16.5 Å². The fraction of sp³-hybridized carbons (Fsp3) is 0.125. The summed E-state index contributed by atoms with van der Waals surface area (Å²) in [7, 11) is 0. The van der Waals surface area contributed by atoms with Crippen LogP contribution in [0, 0.1) is 6.92 Å². The molecule has 0 bridgehead atoms. The summed E-state index contributed by atoms with van der Waals surface area (Å²) in [6.07, 6.45) is 0. The third-order valence-corrected chi connectivity index (χ3v) is 3.93. The van der Waals surface area contributed by atoms with E-state index in [1.165, 1.54) is 17.2 Å². The number of hydrogen-bond donors (Lipinski definition) is 2. The topological polar surface area (TPSA) is 54.0 Å². The zero-order valence-electron chi connectivity index (χ0n) is 11.8. The Morgan fingerprint density at radius 3 is 2.52 bits per heavy atom. The molecule has 1 aromatic heterocycles. The lowest BCUT2D eigenvalue weighted by atomic mass is 10.2. The van der Waals surface area contributed by atoms with Crippen molar-refractivity contribution >= 4 is 44.0 Å². The van der Waals surface area contributed by atoms with Gasteiger partial charge >= 0.3 is 0 Å². The molecule has 5 heteroatoms. The summed E-state index contributed by atoms with van der Waals surface area (Å²) in [4.78, 5) is 15.5. The van der Waals surface area contributed by atoms with E-state index in [1.54, 1.807) is 11.3 Å². The quantitative estimate of drug-likeness (QED) is 0.757. The third-order valence-electron chi connectivity index (χ3n) is 3.00. The number of rotatable bonds is 3. The average Bonchev–Trinajstić information content (AvgIpc) is 2.82. The largest absolute Gasteiger partial charge is 0.332 e. The maximum atomic E-state index is 11.0. The number of benzene rings is 2. The second-order valence-corrected chi connectivity index (χ2v) is 5.90. The van der Waals surface area contributed by atoms with Gasteiger partial charge in [0.25, 0.3) is 0 Å². The number of aryl methyl sites for hydroxylation is 1. The molecule has 3 aromatic rings. The van der Waals surface area contributed by atoms with Crippen LogP contribution in [0.1, 0.15) is 12.5 Å². The molecule has 0 radical (unpaired) electrons. The van der Waals surface area contributed by atoms with Crippen LogP contribution in [0.3, 0.4) is 0 Å². The Kier molecular flexibility index (Phi) is 3.58. The van der Waals surface area contributed by atoms with Crippen molar-refractivity contribution in [2.75, 3.05) is 10.6 Å². The molecule has 0 aliphatic rings. The minimum atomic E-state index is -0.0720. The Morgan fingerprint density at radius 1 is 1.10 bits per heavy atom. The van der Waals surface area contributed by atoms with Crippen LogP contribution in [0.5, 0.6) is 0 Å². The van der Waals surface area contributed by atoms with E-state index >= 15 is 0 Å². The zero-order chi connectivity index (χ0) is 14.8. The summed E-state index contributed by atoms with van der Waals surface area (Å²) in [6.45, 7) is 3.57. The van der Waals surface area contributed by atoms with Gasteiger partial charge in [-0.05, 0) is 48.9 Å². The summed E-state index contributed by atoms with van der Waals surface area (Å²) in [6, 6.07) is 13.8. The highest BCUT2D eigenvalue weighted by atomic mass is 32.1. The molecule has 106 valence electrons. The third kappa shape index (κ3) is 3.20. The first-order valence-corrected chi connectivity index (χ1v) is 7.44. The predicted molar refractivity (Wildman–Crippen MR) is 88.4 cm³/mol. The second kappa shape index (κ2) is 5.54. The van der Waals surface area contributed by atoms with E-state index in [9.17, 15) is 4.79 Å². The fourth-order valence-corrected chi connectivity index (χ4v) is 3.03. The van der Waals surface area contributed by atoms with E-state index < -0.39 is 0 Å².